The van der Waals surface area contributed by atoms with Gasteiger partial charge in [0, 0.05) is 18.4 Å². The van der Waals surface area contributed by atoms with Gasteiger partial charge >= 0.3 is 0 Å². The van der Waals surface area contributed by atoms with Crippen LogP contribution in [0.4, 0.5) is 0 Å². The molecule has 3 aromatic rings. The van der Waals surface area contributed by atoms with Crippen molar-refractivity contribution in [3.8, 4) is 17.1 Å². The van der Waals surface area contributed by atoms with Crippen LogP contribution in [0.2, 0.25) is 0 Å². The second-order valence-corrected chi connectivity index (χ2v) is 5.94. The van der Waals surface area contributed by atoms with Gasteiger partial charge < -0.3 is 14.6 Å². The average molecular weight is 351 g/mol. The normalized spacial score (nSPS) is 11.8. The molecule has 0 unspecified atom stereocenters. The fraction of sp³-hybridized carbons (Fsp3) is 0.250. The van der Waals surface area contributed by atoms with Gasteiger partial charge in [-0.3, -0.25) is 4.79 Å². The molecule has 1 amide bonds. The van der Waals surface area contributed by atoms with Crippen molar-refractivity contribution in [3.63, 3.8) is 0 Å². The number of hydrogen-bond donors (Lipinski definition) is 1. The number of rotatable bonds is 7. The van der Waals surface area contributed by atoms with Crippen molar-refractivity contribution in [1.29, 1.82) is 0 Å². The molecule has 6 heteroatoms. The molecular weight excluding hydrogens is 330 g/mol. The molecule has 0 saturated carbocycles. The van der Waals surface area contributed by atoms with Crippen molar-refractivity contribution in [1.82, 2.24) is 15.5 Å². The maximum absolute atomic E-state index is 12.2. The largest absolute Gasteiger partial charge is 0.497 e. The number of hydrogen-bond acceptors (Lipinski definition) is 5. The zero-order chi connectivity index (χ0) is 18.4. The predicted molar refractivity (Wildman–Crippen MR) is 97.6 cm³/mol. The molecule has 0 saturated heterocycles. The lowest BCUT2D eigenvalue weighted by Gasteiger charge is -2.14. The third-order valence-electron chi connectivity index (χ3n) is 4.06. The van der Waals surface area contributed by atoms with Crippen molar-refractivity contribution < 1.29 is 14.1 Å². The second kappa shape index (κ2) is 8.29. The fourth-order valence-corrected chi connectivity index (χ4v) is 2.57. The van der Waals surface area contributed by atoms with Crippen LogP contribution in [0, 0.1) is 0 Å². The monoisotopic (exact) mass is 351 g/mol. The van der Waals surface area contributed by atoms with E-state index in [0.29, 0.717) is 18.1 Å². The van der Waals surface area contributed by atoms with Crippen LogP contribution in [0.5, 0.6) is 5.75 Å². The van der Waals surface area contributed by atoms with Gasteiger partial charge in [0.05, 0.1) is 13.2 Å². The van der Waals surface area contributed by atoms with Crippen molar-refractivity contribution in [2.45, 2.75) is 25.8 Å². The van der Waals surface area contributed by atoms with E-state index in [-0.39, 0.29) is 18.4 Å². The van der Waals surface area contributed by atoms with E-state index < -0.39 is 0 Å². The van der Waals surface area contributed by atoms with Crippen LogP contribution in [0.25, 0.3) is 11.4 Å². The standard InChI is InChI=1S/C20H21N3O3/c1-14(15-8-10-17(25-2)11-9-15)21-18(24)12-13-19-22-20(23-26-19)16-6-4-3-5-7-16/h3-11,14H,12-13H2,1-2H3,(H,21,24)/t14-/m0/s1. The summed E-state index contributed by atoms with van der Waals surface area (Å²) in [7, 11) is 1.63. The molecule has 0 radical (unpaired) electrons. The highest BCUT2D eigenvalue weighted by Crippen LogP contribution is 2.18. The molecule has 134 valence electrons. The van der Waals surface area contributed by atoms with Crippen molar-refractivity contribution in [3.05, 3.63) is 66.1 Å². The van der Waals surface area contributed by atoms with Crippen LogP contribution in [0.1, 0.15) is 30.8 Å². The lowest BCUT2D eigenvalue weighted by molar-refractivity contribution is -0.121. The van der Waals surface area contributed by atoms with Crippen LogP contribution in [-0.2, 0) is 11.2 Å². The van der Waals surface area contributed by atoms with Crippen LogP contribution in [0.3, 0.4) is 0 Å². The maximum Gasteiger partial charge on any atom is 0.227 e. The summed E-state index contributed by atoms with van der Waals surface area (Å²) in [6.07, 6.45) is 0.692. The van der Waals surface area contributed by atoms with Gasteiger partial charge in [-0.1, -0.05) is 47.6 Å². The van der Waals surface area contributed by atoms with E-state index in [9.17, 15) is 4.79 Å². The minimum absolute atomic E-state index is 0.0622. The minimum Gasteiger partial charge on any atom is -0.497 e. The van der Waals surface area contributed by atoms with E-state index >= 15 is 0 Å². The van der Waals surface area contributed by atoms with Gasteiger partial charge in [0.25, 0.3) is 0 Å². The number of carbonyl (C=O) groups is 1. The highest BCUT2D eigenvalue weighted by molar-refractivity contribution is 5.76. The lowest BCUT2D eigenvalue weighted by atomic mass is 10.1. The maximum atomic E-state index is 12.2. The molecule has 1 heterocycles. The molecule has 26 heavy (non-hydrogen) atoms. The van der Waals surface area contributed by atoms with E-state index in [4.69, 9.17) is 9.26 Å². The molecule has 0 bridgehead atoms. The van der Waals surface area contributed by atoms with E-state index in [1.54, 1.807) is 7.11 Å². The predicted octanol–water partition coefficient (Wildman–Crippen LogP) is 3.56. The van der Waals surface area contributed by atoms with E-state index in [1.807, 2.05) is 61.5 Å². The molecule has 1 atom stereocenters. The van der Waals surface area contributed by atoms with Crippen LogP contribution in [-0.4, -0.2) is 23.2 Å². The van der Waals surface area contributed by atoms with Gasteiger partial charge in [-0.25, -0.2) is 0 Å². The van der Waals surface area contributed by atoms with E-state index in [2.05, 4.69) is 15.5 Å². The summed E-state index contributed by atoms with van der Waals surface area (Å²) in [6, 6.07) is 17.1. The number of ether oxygens (including phenoxy) is 1. The second-order valence-electron chi connectivity index (χ2n) is 5.94. The number of nitrogens with one attached hydrogen (secondary N) is 1. The van der Waals surface area contributed by atoms with Gasteiger partial charge in [-0.05, 0) is 24.6 Å². The Kier molecular flexibility index (Phi) is 5.63. The Morgan fingerprint density at radius 1 is 1.15 bits per heavy atom. The Hall–Kier alpha value is -3.15. The first kappa shape index (κ1) is 17.7. The Morgan fingerprint density at radius 3 is 2.58 bits per heavy atom. The summed E-state index contributed by atoms with van der Waals surface area (Å²) in [4.78, 5) is 16.5. The molecule has 0 aliphatic rings. The van der Waals surface area contributed by atoms with Crippen LogP contribution in [0.15, 0.2) is 59.1 Å². The molecule has 0 spiro atoms. The average Bonchev–Trinajstić information content (AvgIpc) is 3.16. The van der Waals surface area contributed by atoms with Gasteiger partial charge in [0.15, 0.2) is 0 Å². The molecule has 0 aliphatic carbocycles. The Bertz CT molecular complexity index is 844. The van der Waals surface area contributed by atoms with E-state index in [1.165, 1.54) is 0 Å². The summed E-state index contributed by atoms with van der Waals surface area (Å²) in [5.41, 5.74) is 1.91. The summed E-state index contributed by atoms with van der Waals surface area (Å²) >= 11 is 0. The zero-order valence-corrected chi connectivity index (χ0v) is 14.8. The topological polar surface area (TPSA) is 77.2 Å². The number of aromatic nitrogens is 2. The molecule has 1 aromatic heterocycles. The number of amides is 1. The molecule has 0 fully saturated rings. The van der Waals surface area contributed by atoms with Gasteiger partial charge in [-0.2, -0.15) is 4.98 Å². The number of carbonyl (C=O) groups excluding carboxylic acids is 1. The summed E-state index contributed by atoms with van der Waals surface area (Å²) < 4.78 is 10.4. The number of methoxy groups -OCH3 is 1. The number of benzene rings is 2. The fourth-order valence-electron chi connectivity index (χ4n) is 2.57. The summed E-state index contributed by atoms with van der Waals surface area (Å²) in [5, 5.41) is 6.93. The van der Waals surface area contributed by atoms with Gasteiger partial charge in [-0.15, -0.1) is 0 Å². The smallest absolute Gasteiger partial charge is 0.227 e. The number of aryl methyl sites for hydroxylation is 1. The third kappa shape index (κ3) is 4.47. The SMILES string of the molecule is COc1ccc([C@H](C)NC(=O)CCc2nc(-c3ccccc3)no2)cc1. The quantitative estimate of drug-likeness (QED) is 0.704. The van der Waals surface area contributed by atoms with Crippen molar-refractivity contribution in [2.75, 3.05) is 7.11 Å². The highest BCUT2D eigenvalue weighted by Gasteiger charge is 2.13. The molecule has 0 aliphatic heterocycles. The van der Waals surface area contributed by atoms with Gasteiger partial charge in [0.1, 0.15) is 5.75 Å². The first-order valence-corrected chi connectivity index (χ1v) is 8.47. The van der Waals surface area contributed by atoms with Crippen molar-refractivity contribution in [2.24, 2.45) is 0 Å². The molecular formula is C20H21N3O3. The van der Waals surface area contributed by atoms with E-state index in [0.717, 1.165) is 16.9 Å². The minimum atomic E-state index is -0.0871. The molecule has 6 nitrogen and oxygen atoms in total. The molecule has 1 N–H and O–H groups in total. The zero-order valence-electron chi connectivity index (χ0n) is 14.8. The van der Waals surface area contributed by atoms with Gasteiger partial charge in [0.2, 0.25) is 17.6 Å². The molecule has 3 rings (SSSR count). The Labute approximate surface area is 152 Å². The lowest BCUT2D eigenvalue weighted by Crippen LogP contribution is -2.26. The third-order valence-corrected chi connectivity index (χ3v) is 4.06. The highest BCUT2D eigenvalue weighted by atomic mass is 16.5. The van der Waals surface area contributed by atoms with Crippen molar-refractivity contribution >= 4 is 5.91 Å². The first-order chi connectivity index (χ1) is 12.7. The number of nitrogens with zero attached hydrogens (tertiary/aromatic N) is 2. The Balaban J connectivity index is 1.51. The Morgan fingerprint density at radius 2 is 1.88 bits per heavy atom. The van der Waals surface area contributed by atoms with Crippen LogP contribution < -0.4 is 10.1 Å². The first-order valence-electron chi connectivity index (χ1n) is 8.47. The summed E-state index contributed by atoms with van der Waals surface area (Å²) in [5.74, 6) is 1.72. The summed E-state index contributed by atoms with van der Waals surface area (Å²) in [6.45, 7) is 1.94. The molecule has 2 aromatic carbocycles. The van der Waals surface area contributed by atoms with Crippen LogP contribution >= 0.6 is 0 Å².